The summed E-state index contributed by atoms with van der Waals surface area (Å²) < 4.78 is 60.7. The van der Waals surface area contributed by atoms with Crippen molar-refractivity contribution in [2.75, 3.05) is 19.6 Å². The van der Waals surface area contributed by atoms with Crippen LogP contribution in [0.25, 0.3) is 12.2 Å². The van der Waals surface area contributed by atoms with E-state index >= 15 is 0 Å². The molecule has 0 aliphatic carbocycles. The predicted molar refractivity (Wildman–Crippen MR) is 136 cm³/mol. The molecule has 37 heavy (non-hydrogen) atoms. The van der Waals surface area contributed by atoms with E-state index in [4.69, 9.17) is 4.52 Å². The quantitative estimate of drug-likeness (QED) is 0.415. The Morgan fingerprint density at radius 1 is 1.14 bits per heavy atom. The van der Waals surface area contributed by atoms with Crippen molar-refractivity contribution >= 4 is 28.1 Å². The molecule has 1 aromatic heterocycles. The summed E-state index contributed by atoms with van der Waals surface area (Å²) in [6.07, 6.45) is 3.42. The number of benzene rings is 2. The highest BCUT2D eigenvalue weighted by atomic mass is 32.2. The lowest BCUT2D eigenvalue weighted by Crippen LogP contribution is -2.44. The van der Waals surface area contributed by atoms with Crippen molar-refractivity contribution in [2.24, 2.45) is 5.92 Å². The number of sulfonamides is 1. The number of hydrogen-bond acceptors (Lipinski definition) is 5. The van der Waals surface area contributed by atoms with Gasteiger partial charge in [-0.15, -0.1) is 0 Å². The Morgan fingerprint density at radius 2 is 1.84 bits per heavy atom. The van der Waals surface area contributed by atoms with Crippen molar-refractivity contribution in [1.82, 2.24) is 14.4 Å². The van der Waals surface area contributed by atoms with Crippen molar-refractivity contribution < 1.29 is 26.5 Å². The van der Waals surface area contributed by atoms with Crippen molar-refractivity contribution in [2.45, 2.75) is 38.1 Å². The van der Waals surface area contributed by atoms with Crippen molar-refractivity contribution in [1.29, 1.82) is 0 Å². The molecule has 10 heteroatoms. The minimum atomic E-state index is -3.98. The van der Waals surface area contributed by atoms with E-state index in [0.717, 1.165) is 17.7 Å². The van der Waals surface area contributed by atoms with Gasteiger partial charge in [0.2, 0.25) is 15.9 Å². The highest BCUT2D eigenvalue weighted by Gasteiger charge is 2.36. The Kier molecular flexibility index (Phi) is 8.19. The van der Waals surface area contributed by atoms with Crippen LogP contribution in [0.1, 0.15) is 42.3 Å². The van der Waals surface area contributed by atoms with E-state index in [1.54, 1.807) is 4.90 Å². The number of carbonyl (C=O) groups is 1. The highest BCUT2D eigenvalue weighted by molar-refractivity contribution is 7.89. The Labute approximate surface area is 215 Å². The topological polar surface area (TPSA) is 83.7 Å². The van der Waals surface area contributed by atoms with Crippen molar-refractivity contribution in [3.63, 3.8) is 0 Å². The summed E-state index contributed by atoms with van der Waals surface area (Å²) in [5.41, 5.74) is 1.30. The Hall–Kier alpha value is -3.37. The minimum Gasteiger partial charge on any atom is -0.355 e. The maximum Gasteiger partial charge on any atom is 0.248 e. The summed E-state index contributed by atoms with van der Waals surface area (Å²) in [5, 5.41) is 3.80. The molecule has 1 amide bonds. The number of halogens is 2. The van der Waals surface area contributed by atoms with E-state index in [1.807, 2.05) is 37.3 Å². The first-order valence-electron chi connectivity index (χ1n) is 12.1. The molecule has 7 nitrogen and oxygen atoms in total. The first-order valence-corrected chi connectivity index (χ1v) is 13.6. The summed E-state index contributed by atoms with van der Waals surface area (Å²) in [4.78, 5) is 14.9. The SMILES string of the molecule is CCN(Cc1ccccc1)C(=O)C1CCN(S(=O)(=O)c2c(C)noc2C=Cc2ccc(F)cc2F)CC1. The summed E-state index contributed by atoms with van der Waals surface area (Å²) >= 11 is 0. The van der Waals surface area contributed by atoms with E-state index in [2.05, 4.69) is 5.16 Å². The second kappa shape index (κ2) is 11.4. The fourth-order valence-electron chi connectivity index (χ4n) is 4.48. The van der Waals surface area contributed by atoms with Gasteiger partial charge in [0.15, 0.2) is 10.7 Å². The van der Waals surface area contributed by atoms with Gasteiger partial charge in [0, 0.05) is 43.7 Å². The zero-order valence-corrected chi connectivity index (χ0v) is 21.5. The molecule has 0 N–H and O–H groups in total. The number of rotatable bonds is 8. The van der Waals surface area contributed by atoms with Crippen LogP contribution in [0.15, 0.2) is 57.9 Å². The molecule has 0 radical (unpaired) electrons. The third kappa shape index (κ3) is 5.97. The van der Waals surface area contributed by atoms with Crippen LogP contribution in [0.2, 0.25) is 0 Å². The van der Waals surface area contributed by atoms with Crippen molar-refractivity contribution in [3.05, 3.63) is 82.7 Å². The monoisotopic (exact) mass is 529 g/mol. The van der Waals surface area contributed by atoms with E-state index in [1.165, 1.54) is 29.4 Å². The molecular weight excluding hydrogens is 500 g/mol. The fraction of sp³-hybridized carbons (Fsp3) is 0.333. The molecule has 2 heterocycles. The average molecular weight is 530 g/mol. The molecule has 0 saturated carbocycles. The van der Waals surface area contributed by atoms with E-state index in [-0.39, 0.29) is 46.8 Å². The fourth-order valence-corrected chi connectivity index (χ4v) is 6.20. The van der Waals surface area contributed by atoms with Crippen LogP contribution in [0, 0.1) is 24.5 Å². The van der Waals surface area contributed by atoms with Gasteiger partial charge in [-0.1, -0.05) is 35.5 Å². The van der Waals surface area contributed by atoms with Gasteiger partial charge in [-0.05, 0) is 56.5 Å². The van der Waals surface area contributed by atoms with Gasteiger partial charge >= 0.3 is 0 Å². The third-order valence-corrected chi connectivity index (χ3v) is 8.58. The van der Waals surface area contributed by atoms with Crippen LogP contribution in [0.3, 0.4) is 0 Å². The molecule has 4 rings (SSSR count). The molecule has 1 fully saturated rings. The molecule has 1 aliphatic rings. The number of amides is 1. The van der Waals surface area contributed by atoms with Crippen LogP contribution >= 0.6 is 0 Å². The zero-order valence-electron chi connectivity index (χ0n) is 20.7. The van der Waals surface area contributed by atoms with E-state index < -0.39 is 21.7 Å². The molecule has 2 aromatic carbocycles. The molecular formula is C27H29F2N3O4S. The number of aryl methyl sites for hydroxylation is 1. The van der Waals surface area contributed by atoms with Crippen LogP contribution in [0.5, 0.6) is 0 Å². The Bertz CT molecular complexity index is 1380. The summed E-state index contributed by atoms with van der Waals surface area (Å²) in [5.74, 6) is -1.78. The largest absolute Gasteiger partial charge is 0.355 e. The number of carbonyl (C=O) groups excluding carboxylic acids is 1. The number of hydrogen-bond donors (Lipinski definition) is 0. The lowest BCUT2D eigenvalue weighted by Gasteiger charge is -2.33. The minimum absolute atomic E-state index is 0.0227. The molecule has 1 saturated heterocycles. The summed E-state index contributed by atoms with van der Waals surface area (Å²) in [6.45, 7) is 4.90. The van der Waals surface area contributed by atoms with Crippen LogP contribution in [-0.2, 0) is 21.4 Å². The highest BCUT2D eigenvalue weighted by Crippen LogP contribution is 2.30. The maximum absolute atomic E-state index is 14.0. The molecule has 0 atom stereocenters. The normalized spacial score (nSPS) is 15.4. The van der Waals surface area contributed by atoms with Crippen molar-refractivity contribution in [3.8, 4) is 0 Å². The average Bonchev–Trinajstić information content (AvgIpc) is 3.28. The van der Waals surface area contributed by atoms with Gasteiger partial charge in [-0.25, -0.2) is 17.2 Å². The lowest BCUT2D eigenvalue weighted by atomic mass is 9.96. The second-order valence-electron chi connectivity index (χ2n) is 8.98. The second-order valence-corrected chi connectivity index (χ2v) is 10.9. The number of piperidine rings is 1. The van der Waals surface area contributed by atoms with Gasteiger partial charge in [0.1, 0.15) is 17.3 Å². The standard InChI is InChI=1S/C27H29F2N3O4S/c1-3-31(18-20-7-5-4-6-8-20)27(33)22-13-15-32(16-14-22)37(34,35)26-19(2)30-36-25(26)12-10-21-9-11-23(28)17-24(21)29/h4-12,17,22H,3,13-16,18H2,1-2H3. The maximum atomic E-state index is 14.0. The van der Waals surface area contributed by atoms with E-state index in [0.29, 0.717) is 25.9 Å². The molecule has 196 valence electrons. The van der Waals surface area contributed by atoms with Crippen LogP contribution in [0.4, 0.5) is 8.78 Å². The van der Waals surface area contributed by atoms with Crippen LogP contribution in [-0.4, -0.2) is 48.3 Å². The molecule has 0 unspecified atom stereocenters. The first kappa shape index (κ1) is 26.7. The third-order valence-electron chi connectivity index (χ3n) is 6.52. The molecule has 0 spiro atoms. The summed E-state index contributed by atoms with van der Waals surface area (Å²) in [7, 11) is -3.98. The molecule has 3 aromatic rings. The summed E-state index contributed by atoms with van der Waals surface area (Å²) in [6, 6.07) is 12.8. The number of nitrogens with zero attached hydrogens (tertiary/aromatic N) is 3. The lowest BCUT2D eigenvalue weighted by molar-refractivity contribution is -0.137. The smallest absolute Gasteiger partial charge is 0.248 e. The molecule has 0 bridgehead atoms. The van der Waals surface area contributed by atoms with Gasteiger partial charge in [-0.2, -0.15) is 4.31 Å². The zero-order chi connectivity index (χ0) is 26.6. The van der Waals surface area contributed by atoms with Gasteiger partial charge in [0.25, 0.3) is 0 Å². The van der Waals surface area contributed by atoms with Gasteiger partial charge in [0.05, 0.1) is 0 Å². The van der Waals surface area contributed by atoms with Crippen LogP contribution < -0.4 is 0 Å². The van der Waals surface area contributed by atoms with E-state index in [9.17, 15) is 22.0 Å². The van der Waals surface area contributed by atoms with Gasteiger partial charge in [-0.3, -0.25) is 4.79 Å². The van der Waals surface area contributed by atoms with Gasteiger partial charge < -0.3 is 9.42 Å². The Balaban J connectivity index is 1.46. The predicted octanol–water partition coefficient (Wildman–Crippen LogP) is 4.88. The number of aromatic nitrogens is 1. The first-order chi connectivity index (χ1) is 17.7. The Morgan fingerprint density at radius 3 is 2.49 bits per heavy atom. The molecule has 1 aliphatic heterocycles.